The van der Waals surface area contributed by atoms with Crippen LogP contribution in [0.3, 0.4) is 0 Å². The first-order chi connectivity index (χ1) is 13.1. The number of aromatic nitrogens is 2. The molecule has 2 aromatic rings. The number of hydrogen-bond donors (Lipinski definition) is 0. The number of imidazole rings is 1. The molecule has 1 spiro atoms. The highest BCUT2D eigenvalue weighted by atomic mass is 16.4. The van der Waals surface area contributed by atoms with Crippen LogP contribution in [-0.4, -0.2) is 57.3 Å². The molecule has 2 fully saturated rings. The van der Waals surface area contributed by atoms with Crippen molar-refractivity contribution in [1.82, 2.24) is 19.4 Å². The molecule has 4 heterocycles. The van der Waals surface area contributed by atoms with Crippen molar-refractivity contribution in [2.45, 2.75) is 39.2 Å². The Kier molecular flexibility index (Phi) is 4.76. The number of rotatable bonds is 5. The molecule has 2 amide bonds. The van der Waals surface area contributed by atoms with Crippen LogP contribution in [0.5, 0.6) is 0 Å². The summed E-state index contributed by atoms with van der Waals surface area (Å²) in [6.07, 6.45) is 8.89. The summed E-state index contributed by atoms with van der Waals surface area (Å²) >= 11 is 0. The van der Waals surface area contributed by atoms with E-state index in [4.69, 9.17) is 4.42 Å². The van der Waals surface area contributed by atoms with Gasteiger partial charge in [-0.3, -0.25) is 9.59 Å². The van der Waals surface area contributed by atoms with Crippen molar-refractivity contribution in [3.8, 4) is 0 Å². The molecule has 2 aliphatic rings. The lowest BCUT2D eigenvalue weighted by molar-refractivity contribution is -0.145. The molecule has 0 aliphatic carbocycles. The number of carbonyl (C=O) groups excluding carboxylic acids is 2. The van der Waals surface area contributed by atoms with Crippen LogP contribution < -0.4 is 0 Å². The van der Waals surface area contributed by atoms with E-state index in [-0.39, 0.29) is 11.8 Å². The monoisotopic (exact) mass is 370 g/mol. The molecule has 27 heavy (non-hydrogen) atoms. The summed E-state index contributed by atoms with van der Waals surface area (Å²) in [5.74, 6) is 1.17. The lowest BCUT2D eigenvalue weighted by atomic mass is 9.78. The van der Waals surface area contributed by atoms with Crippen LogP contribution in [0.4, 0.5) is 0 Å². The fourth-order valence-electron chi connectivity index (χ4n) is 4.35. The fraction of sp³-hybridized carbons (Fsp3) is 0.550. The van der Waals surface area contributed by atoms with E-state index >= 15 is 0 Å². The normalized spacial score (nSPS) is 22.8. The molecular weight excluding hydrogens is 344 g/mol. The summed E-state index contributed by atoms with van der Waals surface area (Å²) in [7, 11) is 0. The molecule has 0 aromatic carbocycles. The van der Waals surface area contributed by atoms with Gasteiger partial charge < -0.3 is 18.8 Å². The van der Waals surface area contributed by atoms with Gasteiger partial charge in [-0.25, -0.2) is 4.98 Å². The first-order valence-corrected chi connectivity index (χ1v) is 9.74. The molecule has 0 radical (unpaired) electrons. The highest BCUT2D eigenvalue weighted by Gasteiger charge is 2.49. The number of hydrogen-bond acceptors (Lipinski definition) is 4. The number of amides is 2. The number of piperidine rings is 1. The fourth-order valence-corrected chi connectivity index (χ4v) is 4.35. The molecule has 0 N–H and O–H groups in total. The van der Waals surface area contributed by atoms with Gasteiger partial charge in [0.05, 0.1) is 18.3 Å². The summed E-state index contributed by atoms with van der Waals surface area (Å²) < 4.78 is 7.65. The standard InChI is InChI=1S/C20H26N4O3/c1-2-9-23-10-3-6-20(19(23)26)7-11-24(14-20)18(25)17-5-4-16(27-17)13-22-12-8-21-15-22/h4-5,8,12,15H,2-3,6-7,9-11,13-14H2,1H3. The van der Waals surface area contributed by atoms with Crippen LogP contribution in [0.15, 0.2) is 35.3 Å². The Labute approximate surface area is 158 Å². The Balaban J connectivity index is 1.43. The third-order valence-electron chi connectivity index (χ3n) is 5.73. The van der Waals surface area contributed by atoms with Crippen LogP contribution in [0.1, 0.15) is 48.9 Å². The van der Waals surface area contributed by atoms with Crippen LogP contribution in [0.25, 0.3) is 0 Å². The number of nitrogens with zero attached hydrogens (tertiary/aromatic N) is 4. The average molecular weight is 370 g/mol. The zero-order valence-electron chi connectivity index (χ0n) is 15.8. The predicted molar refractivity (Wildman–Crippen MR) is 99.1 cm³/mol. The number of likely N-dealkylation sites (tertiary alicyclic amines) is 2. The Hall–Kier alpha value is -2.57. The zero-order chi connectivity index (χ0) is 18.9. The zero-order valence-corrected chi connectivity index (χ0v) is 15.8. The second-order valence-electron chi connectivity index (χ2n) is 7.65. The number of carbonyl (C=O) groups is 2. The average Bonchev–Trinajstić information content (AvgIpc) is 3.41. The lowest BCUT2D eigenvalue weighted by Crippen LogP contribution is -2.50. The van der Waals surface area contributed by atoms with Crippen LogP contribution in [0, 0.1) is 5.41 Å². The van der Waals surface area contributed by atoms with E-state index in [1.165, 1.54) is 0 Å². The van der Waals surface area contributed by atoms with E-state index < -0.39 is 5.41 Å². The smallest absolute Gasteiger partial charge is 0.289 e. The number of furan rings is 1. The van der Waals surface area contributed by atoms with Crippen molar-refractivity contribution in [3.63, 3.8) is 0 Å². The van der Waals surface area contributed by atoms with Gasteiger partial charge in [0, 0.05) is 38.6 Å². The molecule has 2 aromatic heterocycles. The second-order valence-corrected chi connectivity index (χ2v) is 7.65. The highest BCUT2D eigenvalue weighted by molar-refractivity contribution is 5.93. The topological polar surface area (TPSA) is 71.6 Å². The Morgan fingerprint density at radius 1 is 1.30 bits per heavy atom. The van der Waals surface area contributed by atoms with Gasteiger partial charge in [-0.15, -0.1) is 0 Å². The molecule has 7 nitrogen and oxygen atoms in total. The van der Waals surface area contributed by atoms with E-state index in [1.807, 2.05) is 21.7 Å². The molecule has 0 bridgehead atoms. The summed E-state index contributed by atoms with van der Waals surface area (Å²) in [6.45, 7) is 5.41. The maximum absolute atomic E-state index is 13.0. The van der Waals surface area contributed by atoms with E-state index in [0.29, 0.717) is 31.2 Å². The van der Waals surface area contributed by atoms with Crippen LogP contribution in [0.2, 0.25) is 0 Å². The van der Waals surface area contributed by atoms with Crippen molar-refractivity contribution in [2.24, 2.45) is 5.41 Å². The van der Waals surface area contributed by atoms with Crippen molar-refractivity contribution in [3.05, 3.63) is 42.4 Å². The van der Waals surface area contributed by atoms with Gasteiger partial charge in [0.25, 0.3) is 5.91 Å². The van der Waals surface area contributed by atoms with Crippen molar-refractivity contribution in [1.29, 1.82) is 0 Å². The maximum Gasteiger partial charge on any atom is 0.289 e. The Bertz CT molecular complexity index is 811. The van der Waals surface area contributed by atoms with E-state index in [1.54, 1.807) is 23.5 Å². The largest absolute Gasteiger partial charge is 0.454 e. The second kappa shape index (κ2) is 7.21. The third kappa shape index (κ3) is 3.38. The summed E-state index contributed by atoms with van der Waals surface area (Å²) in [4.78, 5) is 33.6. The maximum atomic E-state index is 13.0. The van der Waals surface area contributed by atoms with Crippen molar-refractivity contribution in [2.75, 3.05) is 26.2 Å². The van der Waals surface area contributed by atoms with Crippen molar-refractivity contribution >= 4 is 11.8 Å². The van der Waals surface area contributed by atoms with Crippen molar-refractivity contribution < 1.29 is 14.0 Å². The molecule has 7 heteroatoms. The highest BCUT2D eigenvalue weighted by Crippen LogP contribution is 2.40. The SMILES string of the molecule is CCCN1CCCC2(CCN(C(=O)c3ccc(Cn4ccnc4)o3)C2)C1=O. The third-order valence-corrected chi connectivity index (χ3v) is 5.73. The van der Waals surface area contributed by atoms with Gasteiger partial charge in [0.2, 0.25) is 5.91 Å². The van der Waals surface area contributed by atoms with Crippen LogP contribution >= 0.6 is 0 Å². The quantitative estimate of drug-likeness (QED) is 0.810. The van der Waals surface area contributed by atoms with E-state index in [9.17, 15) is 9.59 Å². The molecule has 4 rings (SSSR count). The Morgan fingerprint density at radius 2 is 2.19 bits per heavy atom. The van der Waals surface area contributed by atoms with Gasteiger partial charge in [-0.1, -0.05) is 6.92 Å². The first-order valence-electron chi connectivity index (χ1n) is 9.74. The molecule has 1 unspecified atom stereocenters. The Morgan fingerprint density at radius 3 is 2.96 bits per heavy atom. The predicted octanol–water partition coefficient (Wildman–Crippen LogP) is 2.39. The molecule has 2 aliphatic heterocycles. The molecular formula is C20H26N4O3. The summed E-state index contributed by atoms with van der Waals surface area (Å²) in [6, 6.07) is 3.56. The van der Waals surface area contributed by atoms with Gasteiger partial charge >= 0.3 is 0 Å². The van der Waals surface area contributed by atoms with E-state index in [2.05, 4.69) is 11.9 Å². The molecule has 0 saturated carbocycles. The minimum atomic E-state index is -0.394. The molecule has 2 saturated heterocycles. The van der Waals surface area contributed by atoms with Gasteiger partial charge in [0.1, 0.15) is 5.76 Å². The lowest BCUT2D eigenvalue weighted by Gasteiger charge is -2.39. The molecule has 1 atom stereocenters. The molecule has 144 valence electrons. The summed E-state index contributed by atoms with van der Waals surface area (Å²) in [5.41, 5.74) is -0.394. The van der Waals surface area contributed by atoms with Gasteiger partial charge in [0.15, 0.2) is 5.76 Å². The minimum Gasteiger partial charge on any atom is -0.454 e. The van der Waals surface area contributed by atoms with Gasteiger partial charge in [-0.05, 0) is 37.8 Å². The van der Waals surface area contributed by atoms with E-state index in [0.717, 1.165) is 38.8 Å². The van der Waals surface area contributed by atoms with Gasteiger partial charge in [-0.2, -0.15) is 0 Å². The summed E-state index contributed by atoms with van der Waals surface area (Å²) in [5, 5.41) is 0. The van der Waals surface area contributed by atoms with Crippen LogP contribution in [-0.2, 0) is 11.3 Å². The minimum absolute atomic E-state index is 0.121. The first kappa shape index (κ1) is 17.8.